The van der Waals surface area contributed by atoms with Gasteiger partial charge in [0, 0.05) is 18.4 Å². The first kappa shape index (κ1) is 10.4. The Bertz CT molecular complexity index is 308. The molecule has 0 aliphatic carbocycles. The van der Waals surface area contributed by atoms with Gasteiger partial charge in [-0.15, -0.1) is 0 Å². The Morgan fingerprint density at radius 2 is 2.50 bits per heavy atom. The van der Waals surface area contributed by atoms with Gasteiger partial charge in [-0.3, -0.25) is 0 Å². The van der Waals surface area contributed by atoms with Crippen LogP contribution >= 0.6 is 22.6 Å². The van der Waals surface area contributed by atoms with Crippen LogP contribution in [0.3, 0.4) is 0 Å². The molecule has 1 aliphatic heterocycles. The van der Waals surface area contributed by atoms with Gasteiger partial charge in [0.1, 0.15) is 9.93 Å². The van der Waals surface area contributed by atoms with Crippen LogP contribution in [0.5, 0.6) is 0 Å². The van der Waals surface area contributed by atoms with Crippen LogP contribution in [0.2, 0.25) is 0 Å². The lowest BCUT2D eigenvalue weighted by Crippen LogP contribution is -2.18. The lowest BCUT2D eigenvalue weighted by Gasteiger charge is -2.22. The third-order valence-corrected chi connectivity index (χ3v) is 3.29. The van der Waals surface area contributed by atoms with E-state index in [1.165, 1.54) is 6.42 Å². The SMILES string of the molecule is OCc1cn(C2CCCCO2)nc1I. The second kappa shape index (κ2) is 4.59. The molecule has 14 heavy (non-hydrogen) atoms. The van der Waals surface area contributed by atoms with E-state index in [9.17, 15) is 0 Å². The summed E-state index contributed by atoms with van der Waals surface area (Å²) in [4.78, 5) is 0. The second-order valence-electron chi connectivity index (χ2n) is 3.40. The van der Waals surface area contributed by atoms with Crippen molar-refractivity contribution in [2.45, 2.75) is 32.1 Å². The molecule has 1 aliphatic rings. The zero-order valence-electron chi connectivity index (χ0n) is 7.82. The van der Waals surface area contributed by atoms with Crippen LogP contribution in [0.1, 0.15) is 31.1 Å². The second-order valence-corrected chi connectivity index (χ2v) is 4.43. The molecule has 4 nitrogen and oxygen atoms in total. The molecule has 0 saturated carbocycles. The lowest BCUT2D eigenvalue weighted by atomic mass is 10.2. The van der Waals surface area contributed by atoms with Gasteiger partial charge in [0.25, 0.3) is 0 Å². The largest absolute Gasteiger partial charge is 0.392 e. The average molecular weight is 308 g/mol. The molecule has 5 heteroatoms. The van der Waals surface area contributed by atoms with Gasteiger partial charge in [-0.1, -0.05) is 0 Å². The third kappa shape index (κ3) is 2.09. The maximum Gasteiger partial charge on any atom is 0.150 e. The van der Waals surface area contributed by atoms with Gasteiger partial charge in [-0.05, 0) is 41.9 Å². The quantitative estimate of drug-likeness (QED) is 0.846. The summed E-state index contributed by atoms with van der Waals surface area (Å²) >= 11 is 2.13. The lowest BCUT2D eigenvalue weighted by molar-refractivity contribution is -0.0397. The van der Waals surface area contributed by atoms with Crippen LogP contribution in [-0.2, 0) is 11.3 Å². The Balaban J connectivity index is 2.14. The van der Waals surface area contributed by atoms with Gasteiger partial charge in [-0.2, -0.15) is 5.10 Å². The van der Waals surface area contributed by atoms with E-state index in [2.05, 4.69) is 27.7 Å². The highest BCUT2D eigenvalue weighted by molar-refractivity contribution is 14.1. The van der Waals surface area contributed by atoms with E-state index in [4.69, 9.17) is 9.84 Å². The number of ether oxygens (including phenoxy) is 1. The summed E-state index contributed by atoms with van der Waals surface area (Å²) < 4.78 is 8.28. The predicted molar refractivity (Wildman–Crippen MR) is 59.7 cm³/mol. The molecule has 78 valence electrons. The number of nitrogens with zero attached hydrogens (tertiary/aromatic N) is 2. The number of hydrogen-bond donors (Lipinski definition) is 1. The van der Waals surface area contributed by atoms with Gasteiger partial charge < -0.3 is 9.84 Å². The molecule has 0 spiro atoms. The van der Waals surface area contributed by atoms with Crippen molar-refractivity contribution in [2.24, 2.45) is 0 Å². The molecule has 0 aromatic carbocycles. The van der Waals surface area contributed by atoms with Gasteiger partial charge in [0.15, 0.2) is 0 Å². The fraction of sp³-hybridized carbons (Fsp3) is 0.667. The maximum atomic E-state index is 9.03. The van der Waals surface area contributed by atoms with Crippen LogP contribution in [0.4, 0.5) is 0 Å². The van der Waals surface area contributed by atoms with Crippen molar-refractivity contribution in [1.29, 1.82) is 0 Å². The van der Waals surface area contributed by atoms with Gasteiger partial charge in [-0.25, -0.2) is 4.68 Å². The molecule has 1 saturated heterocycles. The molecule has 0 bridgehead atoms. The summed E-state index contributed by atoms with van der Waals surface area (Å²) in [6.45, 7) is 0.862. The Morgan fingerprint density at radius 1 is 1.64 bits per heavy atom. The standard InChI is InChI=1S/C9H13IN2O2/c10-9-7(6-13)5-12(11-9)8-3-1-2-4-14-8/h5,8,13H,1-4,6H2. The number of hydrogen-bond acceptors (Lipinski definition) is 3. The predicted octanol–water partition coefficient (Wildman–Crippen LogP) is 1.68. The number of aromatic nitrogens is 2. The summed E-state index contributed by atoms with van der Waals surface area (Å²) in [7, 11) is 0. The zero-order chi connectivity index (χ0) is 9.97. The van der Waals surface area contributed by atoms with E-state index in [0.29, 0.717) is 0 Å². The van der Waals surface area contributed by atoms with Crippen LogP contribution in [0, 0.1) is 3.70 Å². The average Bonchev–Trinajstić information content (AvgIpc) is 2.61. The molecule has 1 aromatic rings. The van der Waals surface area contributed by atoms with E-state index in [0.717, 1.165) is 28.7 Å². The Hall–Kier alpha value is -0.140. The monoisotopic (exact) mass is 308 g/mol. The minimum atomic E-state index is 0.0466. The number of aliphatic hydroxyl groups is 1. The van der Waals surface area contributed by atoms with E-state index < -0.39 is 0 Å². The minimum absolute atomic E-state index is 0.0466. The van der Waals surface area contributed by atoms with Gasteiger partial charge in [0.05, 0.1) is 6.61 Å². The highest BCUT2D eigenvalue weighted by Gasteiger charge is 2.17. The molecule has 1 fully saturated rings. The van der Waals surface area contributed by atoms with Crippen LogP contribution in [0.25, 0.3) is 0 Å². The number of rotatable bonds is 2. The summed E-state index contributed by atoms with van der Waals surface area (Å²) in [6, 6.07) is 0. The Kier molecular flexibility index (Phi) is 3.40. The van der Waals surface area contributed by atoms with Crippen molar-refractivity contribution >= 4 is 22.6 Å². The Labute approximate surface area is 96.4 Å². The molecular formula is C9H13IN2O2. The van der Waals surface area contributed by atoms with Crippen LogP contribution in [0.15, 0.2) is 6.20 Å². The third-order valence-electron chi connectivity index (χ3n) is 2.38. The van der Waals surface area contributed by atoms with Crippen molar-refractivity contribution in [3.8, 4) is 0 Å². The molecule has 0 radical (unpaired) electrons. The van der Waals surface area contributed by atoms with Crippen molar-refractivity contribution < 1.29 is 9.84 Å². The van der Waals surface area contributed by atoms with E-state index >= 15 is 0 Å². The molecule has 1 atom stereocenters. The fourth-order valence-electron chi connectivity index (χ4n) is 1.59. The number of aliphatic hydroxyl groups excluding tert-OH is 1. The van der Waals surface area contributed by atoms with Gasteiger partial charge in [0.2, 0.25) is 0 Å². The van der Waals surface area contributed by atoms with Crippen molar-refractivity contribution in [3.05, 3.63) is 15.5 Å². The van der Waals surface area contributed by atoms with Crippen molar-refractivity contribution in [3.63, 3.8) is 0 Å². The smallest absolute Gasteiger partial charge is 0.150 e. The molecule has 1 unspecified atom stereocenters. The minimum Gasteiger partial charge on any atom is -0.392 e. The first-order valence-corrected chi connectivity index (χ1v) is 5.85. The maximum absolute atomic E-state index is 9.03. The summed E-state index contributed by atoms with van der Waals surface area (Å²) in [5.74, 6) is 0. The first-order chi connectivity index (χ1) is 6.81. The zero-order valence-corrected chi connectivity index (χ0v) is 9.98. The molecule has 1 aromatic heterocycles. The summed E-state index contributed by atoms with van der Waals surface area (Å²) in [6.07, 6.45) is 5.29. The van der Waals surface area contributed by atoms with Crippen LogP contribution < -0.4 is 0 Å². The first-order valence-electron chi connectivity index (χ1n) is 4.77. The highest BCUT2D eigenvalue weighted by atomic mass is 127. The number of halogens is 1. The normalized spacial score (nSPS) is 22.6. The fourth-order valence-corrected chi connectivity index (χ4v) is 2.15. The Morgan fingerprint density at radius 3 is 3.07 bits per heavy atom. The molecule has 0 amide bonds. The summed E-state index contributed by atoms with van der Waals surface area (Å²) in [5.41, 5.74) is 0.875. The summed E-state index contributed by atoms with van der Waals surface area (Å²) in [5, 5.41) is 13.4. The van der Waals surface area contributed by atoms with E-state index in [-0.39, 0.29) is 12.8 Å². The molecule has 2 heterocycles. The molecule has 1 N–H and O–H groups in total. The highest BCUT2D eigenvalue weighted by Crippen LogP contribution is 2.23. The topological polar surface area (TPSA) is 47.3 Å². The van der Waals surface area contributed by atoms with Crippen molar-refractivity contribution in [1.82, 2.24) is 9.78 Å². The van der Waals surface area contributed by atoms with Gasteiger partial charge >= 0.3 is 0 Å². The van der Waals surface area contributed by atoms with Crippen molar-refractivity contribution in [2.75, 3.05) is 6.61 Å². The van der Waals surface area contributed by atoms with Crippen LogP contribution in [-0.4, -0.2) is 21.5 Å². The molecule has 2 rings (SSSR count). The van der Waals surface area contributed by atoms with E-state index in [1.807, 2.05) is 10.9 Å². The molecular weight excluding hydrogens is 295 g/mol. The van der Waals surface area contributed by atoms with E-state index in [1.54, 1.807) is 0 Å².